The molecule has 1 saturated carbocycles. The van der Waals surface area contributed by atoms with Crippen LogP contribution in [0.4, 0.5) is 0 Å². The Labute approximate surface area is 106 Å². The molecule has 90 valence electrons. The highest BCUT2D eigenvalue weighted by Crippen LogP contribution is 2.54. The maximum Gasteiger partial charge on any atom is 0.335 e. The van der Waals surface area contributed by atoms with Gasteiger partial charge in [0.25, 0.3) is 0 Å². The van der Waals surface area contributed by atoms with Crippen LogP contribution in [0.2, 0.25) is 0 Å². The van der Waals surface area contributed by atoms with Crippen molar-refractivity contribution in [2.24, 2.45) is 0 Å². The number of carbonyl (C=O) groups is 1. The van der Waals surface area contributed by atoms with Crippen LogP contribution in [0.5, 0.6) is 0 Å². The van der Waals surface area contributed by atoms with Crippen LogP contribution in [0, 0.1) is 0 Å². The molecule has 0 bridgehead atoms. The van der Waals surface area contributed by atoms with E-state index in [1.54, 1.807) is 12.1 Å². The summed E-state index contributed by atoms with van der Waals surface area (Å²) >= 11 is 0. The predicted molar refractivity (Wildman–Crippen MR) is 69.9 cm³/mol. The lowest BCUT2D eigenvalue weighted by Gasteiger charge is -2.02. The van der Waals surface area contributed by atoms with E-state index in [4.69, 9.17) is 5.11 Å². The molecule has 1 N–H and O–H groups in total. The fourth-order valence-corrected chi connectivity index (χ4v) is 2.53. The van der Waals surface area contributed by atoms with Crippen LogP contribution >= 0.6 is 0 Å². The molecule has 1 aliphatic carbocycles. The second-order valence-electron chi connectivity index (χ2n) is 4.79. The molecule has 3 rings (SSSR count). The molecule has 2 nitrogen and oxygen atoms in total. The molecule has 0 saturated heterocycles. The van der Waals surface area contributed by atoms with E-state index < -0.39 is 5.97 Å². The summed E-state index contributed by atoms with van der Waals surface area (Å²) in [5.74, 6) is 0.177. The van der Waals surface area contributed by atoms with Crippen molar-refractivity contribution < 1.29 is 9.90 Å². The van der Waals surface area contributed by atoms with Gasteiger partial charge in [-0.25, -0.2) is 4.79 Å². The minimum Gasteiger partial charge on any atom is -0.478 e. The van der Waals surface area contributed by atoms with E-state index in [9.17, 15) is 4.79 Å². The molecule has 0 aromatic heterocycles. The van der Waals surface area contributed by atoms with Gasteiger partial charge in [-0.2, -0.15) is 0 Å². The van der Waals surface area contributed by atoms with Gasteiger partial charge in [0.1, 0.15) is 0 Å². The van der Waals surface area contributed by atoms with E-state index in [2.05, 4.69) is 24.3 Å². The molecule has 2 heteroatoms. The maximum atomic E-state index is 10.9. The van der Waals surface area contributed by atoms with Gasteiger partial charge >= 0.3 is 5.97 Å². The largest absolute Gasteiger partial charge is 0.478 e. The quantitative estimate of drug-likeness (QED) is 0.886. The summed E-state index contributed by atoms with van der Waals surface area (Å²) in [7, 11) is 0. The molecule has 0 spiro atoms. The van der Waals surface area contributed by atoms with Gasteiger partial charge in [0.2, 0.25) is 0 Å². The van der Waals surface area contributed by atoms with E-state index >= 15 is 0 Å². The SMILES string of the molecule is O=C(O)c1cccc(C2C[C@@H]2c2ccccc2)c1. The molecule has 0 amide bonds. The van der Waals surface area contributed by atoms with E-state index in [1.165, 1.54) is 5.56 Å². The number of hydrogen-bond donors (Lipinski definition) is 1. The van der Waals surface area contributed by atoms with Crippen molar-refractivity contribution >= 4 is 5.97 Å². The lowest BCUT2D eigenvalue weighted by molar-refractivity contribution is 0.0697. The average molecular weight is 238 g/mol. The highest BCUT2D eigenvalue weighted by atomic mass is 16.4. The van der Waals surface area contributed by atoms with Gasteiger partial charge in [-0.1, -0.05) is 42.5 Å². The molecule has 2 atom stereocenters. The Balaban J connectivity index is 1.82. The van der Waals surface area contributed by atoms with Gasteiger partial charge in [0, 0.05) is 0 Å². The first-order valence-electron chi connectivity index (χ1n) is 6.14. The Kier molecular flexibility index (Phi) is 2.63. The van der Waals surface area contributed by atoms with Crippen LogP contribution in [0.15, 0.2) is 54.6 Å². The summed E-state index contributed by atoms with van der Waals surface area (Å²) in [6.45, 7) is 0. The van der Waals surface area contributed by atoms with Crippen molar-refractivity contribution in [2.75, 3.05) is 0 Å². The second kappa shape index (κ2) is 4.30. The number of carboxylic acid groups (broad SMARTS) is 1. The molecule has 1 aliphatic rings. The van der Waals surface area contributed by atoms with Gasteiger partial charge < -0.3 is 5.11 Å². The van der Waals surface area contributed by atoms with Crippen LogP contribution in [0.25, 0.3) is 0 Å². The molecule has 0 aliphatic heterocycles. The molecule has 1 unspecified atom stereocenters. The first-order valence-corrected chi connectivity index (χ1v) is 6.14. The van der Waals surface area contributed by atoms with Gasteiger partial charge in [-0.05, 0) is 41.5 Å². The van der Waals surface area contributed by atoms with E-state index in [-0.39, 0.29) is 0 Å². The van der Waals surface area contributed by atoms with Crippen LogP contribution < -0.4 is 0 Å². The van der Waals surface area contributed by atoms with Crippen LogP contribution in [-0.2, 0) is 0 Å². The first-order chi connectivity index (χ1) is 8.75. The zero-order valence-electron chi connectivity index (χ0n) is 9.91. The highest BCUT2D eigenvalue weighted by molar-refractivity contribution is 5.87. The van der Waals surface area contributed by atoms with Gasteiger partial charge in [-0.15, -0.1) is 0 Å². The van der Waals surface area contributed by atoms with E-state index in [0.717, 1.165) is 12.0 Å². The molecular weight excluding hydrogens is 224 g/mol. The van der Waals surface area contributed by atoms with Gasteiger partial charge in [0.15, 0.2) is 0 Å². The average Bonchev–Trinajstić information content (AvgIpc) is 3.20. The summed E-state index contributed by atoms with van der Waals surface area (Å²) in [5.41, 5.74) is 2.87. The molecular formula is C16H14O2. The molecule has 0 heterocycles. The first kappa shape index (κ1) is 11.0. The minimum atomic E-state index is -0.853. The summed E-state index contributed by atoms with van der Waals surface area (Å²) in [6, 6.07) is 17.7. The number of hydrogen-bond acceptors (Lipinski definition) is 1. The Bertz CT molecular complexity index is 575. The summed E-state index contributed by atoms with van der Waals surface area (Å²) in [6.07, 6.45) is 1.12. The fraction of sp³-hybridized carbons (Fsp3) is 0.188. The van der Waals surface area contributed by atoms with Crippen molar-refractivity contribution in [1.82, 2.24) is 0 Å². The lowest BCUT2D eigenvalue weighted by atomic mass is 10.0. The smallest absolute Gasteiger partial charge is 0.335 e. The van der Waals surface area contributed by atoms with Crippen molar-refractivity contribution in [2.45, 2.75) is 18.3 Å². The number of rotatable bonds is 3. The minimum absolute atomic E-state index is 0.381. The van der Waals surface area contributed by atoms with Crippen LogP contribution in [0.1, 0.15) is 39.7 Å². The van der Waals surface area contributed by atoms with Crippen molar-refractivity contribution in [1.29, 1.82) is 0 Å². The maximum absolute atomic E-state index is 10.9. The predicted octanol–water partition coefficient (Wildman–Crippen LogP) is 3.66. The lowest BCUT2D eigenvalue weighted by Crippen LogP contribution is -1.96. The summed E-state index contributed by atoms with van der Waals surface area (Å²) < 4.78 is 0. The van der Waals surface area contributed by atoms with Crippen molar-refractivity contribution in [3.63, 3.8) is 0 Å². The summed E-state index contributed by atoms with van der Waals surface area (Å²) in [4.78, 5) is 10.9. The van der Waals surface area contributed by atoms with E-state index in [0.29, 0.717) is 17.4 Å². The normalized spacial score (nSPS) is 21.6. The van der Waals surface area contributed by atoms with Crippen molar-refractivity contribution in [3.8, 4) is 0 Å². The number of carboxylic acids is 1. The zero-order valence-corrected chi connectivity index (χ0v) is 9.91. The third-order valence-corrected chi connectivity index (χ3v) is 3.58. The van der Waals surface area contributed by atoms with Gasteiger partial charge in [0.05, 0.1) is 5.56 Å². The van der Waals surface area contributed by atoms with Crippen LogP contribution in [0.3, 0.4) is 0 Å². The Hall–Kier alpha value is -2.09. The van der Waals surface area contributed by atoms with E-state index in [1.807, 2.05) is 18.2 Å². The summed E-state index contributed by atoms with van der Waals surface area (Å²) in [5, 5.41) is 8.99. The number of benzene rings is 2. The second-order valence-corrected chi connectivity index (χ2v) is 4.79. The molecule has 2 aromatic carbocycles. The molecule has 2 aromatic rings. The zero-order chi connectivity index (χ0) is 12.5. The molecule has 1 fully saturated rings. The van der Waals surface area contributed by atoms with Crippen molar-refractivity contribution in [3.05, 3.63) is 71.3 Å². The van der Waals surface area contributed by atoms with Gasteiger partial charge in [-0.3, -0.25) is 0 Å². The highest BCUT2D eigenvalue weighted by Gasteiger charge is 2.39. The standard InChI is InChI=1S/C16H14O2/c17-16(18)13-8-4-7-12(9-13)15-10-14(15)11-5-2-1-3-6-11/h1-9,14-15H,10H2,(H,17,18)/t14-,15?/m1/s1. The third kappa shape index (κ3) is 2.02. The molecule has 18 heavy (non-hydrogen) atoms. The molecule has 0 radical (unpaired) electrons. The third-order valence-electron chi connectivity index (χ3n) is 3.58. The monoisotopic (exact) mass is 238 g/mol. The fourth-order valence-electron chi connectivity index (χ4n) is 2.53. The topological polar surface area (TPSA) is 37.3 Å². The Morgan fingerprint density at radius 3 is 2.33 bits per heavy atom. The Morgan fingerprint density at radius 1 is 0.944 bits per heavy atom. The van der Waals surface area contributed by atoms with Crippen LogP contribution in [-0.4, -0.2) is 11.1 Å². The Morgan fingerprint density at radius 2 is 1.61 bits per heavy atom. The number of aromatic carboxylic acids is 1.